The summed E-state index contributed by atoms with van der Waals surface area (Å²) in [7, 11) is 0. The van der Waals surface area contributed by atoms with Crippen molar-refractivity contribution in [1.82, 2.24) is 0 Å². The molecule has 0 unspecified atom stereocenters. The van der Waals surface area contributed by atoms with Gasteiger partial charge in [-0.25, -0.2) is 0 Å². The second kappa shape index (κ2) is 2.85. The molecule has 0 amide bonds. The fraction of sp³-hybridized carbons (Fsp3) is 0.857. The third kappa shape index (κ3) is 7.47. The van der Waals surface area contributed by atoms with Crippen LogP contribution in [0, 0.1) is 5.41 Å². The molecule has 9 heavy (non-hydrogen) atoms. The van der Waals surface area contributed by atoms with Gasteiger partial charge in [0, 0.05) is 9.16 Å². The molecule has 0 spiro atoms. The third-order valence-electron chi connectivity index (χ3n) is 0.770. The van der Waals surface area contributed by atoms with Crippen LogP contribution in [0.25, 0.3) is 0 Å². The fourth-order valence-electron chi connectivity index (χ4n) is 0.341. The number of carboxylic acids is 1. The fourth-order valence-corrected chi connectivity index (χ4v) is 0.341. The van der Waals surface area contributed by atoms with E-state index >= 15 is 0 Å². The van der Waals surface area contributed by atoms with Crippen molar-refractivity contribution in [2.75, 3.05) is 0 Å². The molecule has 0 radical (unpaired) electrons. The van der Waals surface area contributed by atoms with E-state index in [4.69, 9.17) is 7.85 Å². The highest BCUT2D eigenvalue weighted by atomic mass is 16.4. The summed E-state index contributed by atoms with van der Waals surface area (Å²) in [4.78, 5) is 10.2. The van der Waals surface area contributed by atoms with Gasteiger partial charge < -0.3 is 5.11 Å². The first-order valence-corrected chi connectivity index (χ1v) is 2.88. The molecule has 2 heteroatoms. The van der Waals surface area contributed by atoms with Gasteiger partial charge in [-0.15, -0.1) is 0 Å². The summed E-state index contributed by atoms with van der Waals surface area (Å²) in [6.07, 6.45) is -2.07. The highest BCUT2D eigenvalue weighted by molar-refractivity contribution is 5.66. The molecule has 0 rings (SSSR count). The average Bonchev–Trinajstić information content (AvgIpc) is 1.56. The molecule has 0 aromatic rings. The Morgan fingerprint density at radius 2 is 2.11 bits per heavy atom. The number of carboxylic acid groups (broad SMARTS) is 1. The summed E-state index contributed by atoms with van der Waals surface area (Å²) in [5, 5.41) is 8.37. The van der Waals surface area contributed by atoms with Crippen molar-refractivity contribution in [1.29, 1.82) is 0 Å². The van der Waals surface area contributed by atoms with Crippen LogP contribution < -0.4 is 0 Å². The molecule has 0 aromatic heterocycles. The van der Waals surface area contributed by atoms with Gasteiger partial charge in [0.2, 0.25) is 0 Å². The lowest BCUT2D eigenvalue weighted by Crippen LogP contribution is -2.07. The summed E-state index contributed by atoms with van der Waals surface area (Å²) >= 11 is 0. The first kappa shape index (κ1) is 5.27. The number of rotatable bonds is 2. The van der Waals surface area contributed by atoms with Crippen LogP contribution >= 0.6 is 0 Å². The summed E-state index contributed by atoms with van der Waals surface area (Å²) in [6, 6.07) is 0. The van der Waals surface area contributed by atoms with E-state index < -0.39 is 24.2 Å². The predicted octanol–water partition coefficient (Wildman–Crippen LogP) is 1.90. The van der Waals surface area contributed by atoms with Gasteiger partial charge in [0.15, 0.2) is 0 Å². The standard InChI is InChI=1S/C7H14O2/c1-7(2,3)5-4-6(8)9/h4-5H2,1-3H3,(H,8,9)/i5D2. The second-order valence-electron chi connectivity index (χ2n) is 3.00. The van der Waals surface area contributed by atoms with Crippen LogP contribution in [0.2, 0.25) is 0 Å². The molecule has 0 aliphatic carbocycles. The normalized spacial score (nSPS) is 16.3. The summed E-state index contributed by atoms with van der Waals surface area (Å²) in [5.41, 5.74) is -0.620. The molecular weight excluding hydrogens is 116 g/mol. The zero-order valence-corrected chi connectivity index (χ0v) is 6.06. The van der Waals surface area contributed by atoms with E-state index in [-0.39, 0.29) is 0 Å². The van der Waals surface area contributed by atoms with Gasteiger partial charge in [-0.2, -0.15) is 0 Å². The van der Waals surface area contributed by atoms with E-state index in [2.05, 4.69) is 0 Å². The molecule has 54 valence electrons. The van der Waals surface area contributed by atoms with Crippen molar-refractivity contribution in [2.24, 2.45) is 5.41 Å². The number of carbonyl (C=O) groups is 1. The van der Waals surface area contributed by atoms with Gasteiger partial charge in [-0.3, -0.25) is 4.79 Å². The summed E-state index contributed by atoms with van der Waals surface area (Å²) in [5.74, 6) is -1.09. The van der Waals surface area contributed by atoms with Crippen molar-refractivity contribution in [3.05, 3.63) is 0 Å². The SMILES string of the molecule is [2H]C([2H])(CC(=O)O)C(C)(C)C. The predicted molar refractivity (Wildman–Crippen MR) is 36.3 cm³/mol. The first-order valence-electron chi connectivity index (χ1n) is 3.88. The molecule has 0 bridgehead atoms. The number of hydrogen-bond donors (Lipinski definition) is 1. The lowest BCUT2D eigenvalue weighted by molar-refractivity contribution is -0.137. The van der Waals surface area contributed by atoms with Gasteiger partial charge in [-0.1, -0.05) is 20.8 Å². The monoisotopic (exact) mass is 132 g/mol. The minimum atomic E-state index is -1.64. The molecule has 1 N–H and O–H groups in total. The van der Waals surface area contributed by atoms with Crippen molar-refractivity contribution in [3.8, 4) is 0 Å². The lowest BCUT2D eigenvalue weighted by atomic mass is 9.91. The van der Waals surface area contributed by atoms with E-state index in [0.29, 0.717) is 0 Å². The van der Waals surface area contributed by atoms with E-state index in [1.807, 2.05) is 0 Å². The summed E-state index contributed by atoms with van der Waals surface area (Å²) in [6.45, 7) is 5.07. The van der Waals surface area contributed by atoms with E-state index in [1.165, 1.54) is 0 Å². The third-order valence-corrected chi connectivity index (χ3v) is 0.770. The molecular formula is C7H14O2. The van der Waals surface area contributed by atoms with Crippen molar-refractivity contribution < 1.29 is 12.6 Å². The van der Waals surface area contributed by atoms with Crippen LogP contribution in [0.4, 0.5) is 0 Å². The quantitative estimate of drug-likeness (QED) is 0.623. The average molecular weight is 132 g/mol. The Kier molecular flexibility index (Phi) is 1.67. The van der Waals surface area contributed by atoms with Gasteiger partial charge in [0.25, 0.3) is 0 Å². The van der Waals surface area contributed by atoms with Crippen molar-refractivity contribution >= 4 is 5.97 Å². The maximum absolute atomic E-state index is 10.2. The van der Waals surface area contributed by atoms with E-state index in [0.717, 1.165) is 0 Å². The molecule has 0 aliphatic heterocycles. The van der Waals surface area contributed by atoms with Gasteiger partial charge in [0.1, 0.15) is 0 Å². The highest BCUT2D eigenvalue weighted by Gasteiger charge is 2.11. The van der Waals surface area contributed by atoms with Gasteiger partial charge >= 0.3 is 5.97 Å². The highest BCUT2D eigenvalue weighted by Crippen LogP contribution is 2.19. The molecule has 0 atom stereocenters. The molecule has 0 heterocycles. The zero-order chi connectivity index (χ0) is 9.28. The van der Waals surface area contributed by atoms with Crippen molar-refractivity contribution in [2.45, 2.75) is 33.6 Å². The molecule has 0 fully saturated rings. The van der Waals surface area contributed by atoms with Crippen LogP contribution in [0.15, 0.2) is 0 Å². The number of hydrogen-bond acceptors (Lipinski definition) is 1. The topological polar surface area (TPSA) is 37.3 Å². The number of aliphatic carboxylic acids is 1. The Morgan fingerprint density at radius 3 is 2.22 bits per heavy atom. The Hall–Kier alpha value is -0.530. The second-order valence-corrected chi connectivity index (χ2v) is 3.00. The first-order chi connectivity index (χ1) is 4.67. The zero-order valence-electron chi connectivity index (χ0n) is 8.06. The van der Waals surface area contributed by atoms with Crippen molar-refractivity contribution in [3.63, 3.8) is 0 Å². The van der Waals surface area contributed by atoms with Crippen LogP contribution in [0.5, 0.6) is 0 Å². The maximum atomic E-state index is 10.2. The largest absolute Gasteiger partial charge is 0.481 e. The van der Waals surface area contributed by atoms with Crippen LogP contribution in [-0.2, 0) is 4.79 Å². The van der Waals surface area contributed by atoms with Crippen LogP contribution in [0.1, 0.15) is 36.3 Å². The van der Waals surface area contributed by atoms with E-state index in [9.17, 15) is 4.79 Å². The van der Waals surface area contributed by atoms with Gasteiger partial charge in [-0.05, 0) is 11.8 Å². The van der Waals surface area contributed by atoms with Crippen LogP contribution in [0.3, 0.4) is 0 Å². The molecule has 0 saturated heterocycles. The molecule has 0 aromatic carbocycles. The Balaban J connectivity index is 4.34. The maximum Gasteiger partial charge on any atom is 0.303 e. The summed E-state index contributed by atoms with van der Waals surface area (Å²) < 4.78 is 14.8. The molecule has 0 aliphatic rings. The minimum absolute atomic E-state index is 0.434. The van der Waals surface area contributed by atoms with E-state index in [1.54, 1.807) is 20.8 Å². The minimum Gasteiger partial charge on any atom is -0.481 e. The molecule has 2 nitrogen and oxygen atoms in total. The van der Waals surface area contributed by atoms with Gasteiger partial charge in [0.05, 0.1) is 0 Å². The smallest absolute Gasteiger partial charge is 0.303 e. The van der Waals surface area contributed by atoms with Crippen LogP contribution in [-0.4, -0.2) is 11.1 Å². The molecule has 0 saturated carbocycles. The Bertz CT molecular complexity index is 158. The Labute approximate surface area is 58.7 Å². The Morgan fingerprint density at radius 1 is 1.67 bits per heavy atom. The lowest BCUT2D eigenvalue weighted by Gasteiger charge is -2.15.